The number of aliphatic hydroxyl groups is 2. The lowest BCUT2D eigenvalue weighted by atomic mass is 9.61. The zero-order valence-electron chi connectivity index (χ0n) is 19.0. The lowest BCUT2D eigenvalue weighted by Gasteiger charge is -2.45. The van der Waals surface area contributed by atoms with Crippen LogP contribution in [0.15, 0.2) is 17.7 Å². The molecule has 182 valence electrons. The van der Waals surface area contributed by atoms with E-state index in [-0.39, 0.29) is 44.5 Å². The fraction of sp³-hybridized carbons (Fsp3) is 0.308. The predicted octanol–water partition coefficient (Wildman–Crippen LogP) is 0.704. The number of phenolic OH excluding ortho intramolecular Hbond substituents is 2. The molecule has 3 aliphatic carbocycles. The molecule has 2 aromatic rings. The molecule has 2 heterocycles. The Morgan fingerprint density at radius 1 is 0.833 bits per heavy atom. The largest absolute Gasteiger partial charge is 0.507 e. The van der Waals surface area contributed by atoms with E-state index in [2.05, 4.69) is 0 Å². The lowest BCUT2D eigenvalue weighted by molar-refractivity contribution is -0.142. The molecule has 5 aliphatic rings. The SMILES string of the molecule is Cc1cc(O)c2c3c1C1=C(C(=O)C3(O)COC2=O)C23COC(=O)c4c(O)cc(C)c(c42)C(=O)C1C3O. The van der Waals surface area contributed by atoms with Gasteiger partial charge in [-0.05, 0) is 53.8 Å². The van der Waals surface area contributed by atoms with Crippen molar-refractivity contribution in [3.8, 4) is 11.5 Å². The summed E-state index contributed by atoms with van der Waals surface area (Å²) in [5, 5.41) is 44.6. The molecule has 7 rings (SSSR count). The third kappa shape index (κ3) is 1.94. The quantitative estimate of drug-likeness (QED) is 0.386. The molecule has 0 amide bonds. The van der Waals surface area contributed by atoms with Crippen molar-refractivity contribution in [1.29, 1.82) is 0 Å². The number of esters is 2. The Kier molecular flexibility index (Phi) is 3.56. The molecule has 10 nitrogen and oxygen atoms in total. The van der Waals surface area contributed by atoms with E-state index in [0.717, 1.165) is 0 Å². The molecule has 0 saturated carbocycles. The number of aryl methyl sites for hydroxylation is 2. The van der Waals surface area contributed by atoms with Gasteiger partial charge in [0, 0.05) is 16.7 Å². The van der Waals surface area contributed by atoms with Crippen molar-refractivity contribution in [1.82, 2.24) is 0 Å². The van der Waals surface area contributed by atoms with Gasteiger partial charge >= 0.3 is 11.9 Å². The first-order valence-corrected chi connectivity index (χ1v) is 11.3. The average Bonchev–Trinajstić information content (AvgIpc) is 2.99. The van der Waals surface area contributed by atoms with E-state index < -0.39 is 71.3 Å². The van der Waals surface area contributed by atoms with Crippen LogP contribution in [0.3, 0.4) is 0 Å². The Hall–Kier alpha value is -4.02. The van der Waals surface area contributed by atoms with Gasteiger partial charge in [0.05, 0.1) is 17.4 Å². The Morgan fingerprint density at radius 3 is 2.03 bits per heavy atom. The Balaban J connectivity index is 1.70. The maximum atomic E-state index is 14.2. The number of hydrogen-bond acceptors (Lipinski definition) is 10. The monoisotopic (exact) mass is 490 g/mol. The zero-order valence-corrected chi connectivity index (χ0v) is 19.0. The number of ether oxygens (including phenoxy) is 2. The summed E-state index contributed by atoms with van der Waals surface area (Å²) in [4.78, 5) is 53.5. The topological polar surface area (TPSA) is 168 Å². The van der Waals surface area contributed by atoms with E-state index in [1.54, 1.807) is 13.8 Å². The van der Waals surface area contributed by atoms with Crippen LogP contribution < -0.4 is 0 Å². The van der Waals surface area contributed by atoms with Crippen molar-refractivity contribution in [3.63, 3.8) is 0 Å². The van der Waals surface area contributed by atoms with E-state index in [9.17, 15) is 39.6 Å². The molecule has 10 heteroatoms. The minimum absolute atomic E-state index is 0.000130. The van der Waals surface area contributed by atoms with Gasteiger partial charge in [-0.1, -0.05) is 0 Å². The number of hydrogen-bond donors (Lipinski definition) is 4. The number of phenols is 2. The summed E-state index contributed by atoms with van der Waals surface area (Å²) in [6.45, 7) is 1.92. The number of aromatic hydroxyl groups is 2. The van der Waals surface area contributed by atoms with Gasteiger partial charge in [0.15, 0.2) is 17.2 Å². The number of benzene rings is 2. The van der Waals surface area contributed by atoms with Crippen molar-refractivity contribution in [2.75, 3.05) is 13.2 Å². The molecule has 0 saturated heterocycles. The van der Waals surface area contributed by atoms with Gasteiger partial charge in [0.25, 0.3) is 0 Å². The predicted molar refractivity (Wildman–Crippen MR) is 118 cm³/mol. The number of aliphatic hydroxyl groups excluding tert-OH is 1. The van der Waals surface area contributed by atoms with Crippen LogP contribution in [0, 0.1) is 19.8 Å². The number of cyclic esters (lactones) is 2. The van der Waals surface area contributed by atoms with Crippen LogP contribution in [-0.4, -0.2) is 63.2 Å². The molecule has 4 unspecified atom stereocenters. The second-order valence-electron chi connectivity index (χ2n) is 10.1. The van der Waals surface area contributed by atoms with E-state index in [0.29, 0.717) is 11.1 Å². The fourth-order valence-electron chi connectivity index (χ4n) is 7.01. The van der Waals surface area contributed by atoms with Crippen LogP contribution in [0.25, 0.3) is 5.57 Å². The smallest absolute Gasteiger partial charge is 0.342 e. The number of carbonyl (C=O) groups is 4. The van der Waals surface area contributed by atoms with Crippen LogP contribution >= 0.6 is 0 Å². The third-order valence-corrected chi connectivity index (χ3v) is 8.37. The maximum absolute atomic E-state index is 14.2. The Labute approximate surface area is 202 Å². The van der Waals surface area contributed by atoms with Gasteiger partial charge in [0.2, 0.25) is 0 Å². The molecule has 4 atom stereocenters. The molecule has 1 spiro atoms. The molecule has 36 heavy (non-hydrogen) atoms. The van der Waals surface area contributed by atoms with Crippen LogP contribution in [0.2, 0.25) is 0 Å². The van der Waals surface area contributed by atoms with Gasteiger partial charge in [-0.2, -0.15) is 0 Å². The molecule has 2 aliphatic heterocycles. The van der Waals surface area contributed by atoms with E-state index in [1.807, 2.05) is 0 Å². The van der Waals surface area contributed by atoms with Crippen molar-refractivity contribution in [2.45, 2.75) is 31.0 Å². The first kappa shape index (κ1) is 21.3. The molecule has 4 N–H and O–H groups in total. The number of fused-ring (bicyclic) bond motifs is 3. The van der Waals surface area contributed by atoms with E-state index in [4.69, 9.17) is 9.47 Å². The molecule has 2 aromatic carbocycles. The number of ketones is 2. The molecule has 0 aromatic heterocycles. The third-order valence-electron chi connectivity index (χ3n) is 8.37. The molecular weight excluding hydrogens is 472 g/mol. The van der Waals surface area contributed by atoms with Crippen LogP contribution in [0.1, 0.15) is 58.9 Å². The first-order valence-electron chi connectivity index (χ1n) is 11.3. The van der Waals surface area contributed by atoms with Crippen molar-refractivity contribution in [2.24, 2.45) is 5.92 Å². The standard InChI is InChI=1S/C26H18O10/c1-7-3-10(28)14-18-11(7)15-16-20(29)12-8(2)4-9(27)13-17(12)25(21(16)30,5-35-23(13)32)19(15)22(31)26(18,34)6-36-24(14)33/h3-4,16,21,27-28,30,34H,5-6H2,1-2H3. The summed E-state index contributed by atoms with van der Waals surface area (Å²) in [5.41, 5.74) is -4.03. The molecule has 0 radical (unpaired) electrons. The Bertz CT molecular complexity index is 1600. The first-order chi connectivity index (χ1) is 17.0. The summed E-state index contributed by atoms with van der Waals surface area (Å²) in [5.74, 6) is -5.57. The Morgan fingerprint density at radius 2 is 1.39 bits per heavy atom. The summed E-state index contributed by atoms with van der Waals surface area (Å²) >= 11 is 0. The average molecular weight is 490 g/mol. The van der Waals surface area contributed by atoms with Gasteiger partial charge in [-0.15, -0.1) is 0 Å². The van der Waals surface area contributed by atoms with Crippen LogP contribution in [-0.2, 0) is 25.3 Å². The summed E-state index contributed by atoms with van der Waals surface area (Å²) in [6, 6.07) is 2.53. The van der Waals surface area contributed by atoms with Gasteiger partial charge in [0.1, 0.15) is 35.8 Å². The minimum Gasteiger partial charge on any atom is -0.507 e. The summed E-state index contributed by atoms with van der Waals surface area (Å²) < 4.78 is 10.5. The van der Waals surface area contributed by atoms with E-state index >= 15 is 0 Å². The second-order valence-corrected chi connectivity index (χ2v) is 10.1. The molecular formula is C26H18O10. The van der Waals surface area contributed by atoms with Gasteiger partial charge in [-0.25, -0.2) is 9.59 Å². The number of carbonyl (C=O) groups excluding carboxylic acids is 4. The summed E-state index contributed by atoms with van der Waals surface area (Å²) in [6.07, 6.45) is -1.57. The highest BCUT2D eigenvalue weighted by Crippen LogP contribution is 2.65. The summed E-state index contributed by atoms with van der Waals surface area (Å²) in [7, 11) is 0. The van der Waals surface area contributed by atoms with Gasteiger partial charge in [-0.3, -0.25) is 9.59 Å². The fourth-order valence-corrected chi connectivity index (χ4v) is 7.01. The molecule has 2 bridgehead atoms. The minimum atomic E-state index is -2.41. The molecule has 0 fully saturated rings. The normalized spacial score (nSPS) is 31.0. The number of Topliss-reactive ketones (excluding diaryl/α,β-unsaturated/α-hetero) is 2. The maximum Gasteiger partial charge on any atom is 0.342 e. The van der Waals surface area contributed by atoms with Crippen LogP contribution in [0.4, 0.5) is 0 Å². The van der Waals surface area contributed by atoms with E-state index in [1.165, 1.54) is 12.1 Å². The zero-order chi connectivity index (χ0) is 25.6. The van der Waals surface area contributed by atoms with Crippen LogP contribution in [0.5, 0.6) is 11.5 Å². The lowest BCUT2D eigenvalue weighted by Crippen LogP contribution is -2.57. The van der Waals surface area contributed by atoms with Crippen molar-refractivity contribution < 1.29 is 49.1 Å². The second kappa shape index (κ2) is 6.03. The highest BCUT2D eigenvalue weighted by atomic mass is 16.5. The van der Waals surface area contributed by atoms with Crippen molar-refractivity contribution >= 4 is 29.1 Å². The van der Waals surface area contributed by atoms with Crippen molar-refractivity contribution in [3.05, 3.63) is 62.2 Å². The highest BCUT2D eigenvalue weighted by Gasteiger charge is 2.70. The highest BCUT2D eigenvalue weighted by molar-refractivity contribution is 6.25. The van der Waals surface area contributed by atoms with Gasteiger partial charge < -0.3 is 29.9 Å². The number of rotatable bonds is 0.